The summed E-state index contributed by atoms with van der Waals surface area (Å²) < 4.78 is 0. The molecule has 1 radical (unpaired) electrons. The lowest BCUT2D eigenvalue weighted by molar-refractivity contribution is 1.18. The van der Waals surface area contributed by atoms with Crippen LogP contribution in [0.3, 0.4) is 0 Å². The highest BCUT2D eigenvalue weighted by molar-refractivity contribution is 4.94. The number of hydrogen-bond acceptors (Lipinski definition) is 0. The van der Waals surface area contributed by atoms with Gasteiger partial charge in [0.2, 0.25) is 0 Å². The van der Waals surface area contributed by atoms with E-state index in [0.717, 1.165) is 12.8 Å². The molecule has 0 aromatic carbocycles. The van der Waals surface area contributed by atoms with Gasteiger partial charge in [0.05, 0.1) is 0 Å². The fourth-order valence-electron chi connectivity index (χ4n) is 0.438. The molecule has 0 aliphatic carbocycles. The van der Waals surface area contributed by atoms with Crippen LogP contribution in [0, 0.1) is 6.42 Å². The van der Waals surface area contributed by atoms with Gasteiger partial charge >= 0.3 is 0 Å². The summed E-state index contributed by atoms with van der Waals surface area (Å²) >= 11 is 0. The van der Waals surface area contributed by atoms with Crippen LogP contribution in [-0.2, 0) is 0 Å². The van der Waals surface area contributed by atoms with Gasteiger partial charge in [-0.25, -0.2) is 0 Å². The van der Waals surface area contributed by atoms with Crippen molar-refractivity contribution in [3.8, 4) is 0 Å². The Kier molecular flexibility index (Phi) is 6.06. The average molecular weight is 109 g/mol. The van der Waals surface area contributed by atoms with Crippen LogP contribution in [0.25, 0.3) is 0 Å². The fourth-order valence-corrected chi connectivity index (χ4v) is 0.438. The summed E-state index contributed by atoms with van der Waals surface area (Å²) in [4.78, 5) is 0. The molecule has 0 aromatic rings. The van der Waals surface area contributed by atoms with E-state index in [4.69, 9.17) is 0 Å². The zero-order valence-electron chi connectivity index (χ0n) is 5.43. The van der Waals surface area contributed by atoms with Gasteiger partial charge in [0.1, 0.15) is 0 Å². The van der Waals surface area contributed by atoms with E-state index in [1.165, 1.54) is 0 Å². The lowest BCUT2D eigenvalue weighted by atomic mass is 10.3. The van der Waals surface area contributed by atoms with Crippen LogP contribution >= 0.6 is 0 Å². The largest absolute Gasteiger partial charge is 0.103 e. The summed E-state index contributed by atoms with van der Waals surface area (Å²) in [5, 5.41) is 0. The molecule has 0 spiro atoms. The summed E-state index contributed by atoms with van der Waals surface area (Å²) in [6, 6.07) is 0. The Hall–Kier alpha value is -0.520. The van der Waals surface area contributed by atoms with Gasteiger partial charge in [0, 0.05) is 0 Å². The summed E-state index contributed by atoms with van der Waals surface area (Å²) in [5.41, 5.74) is 0. The van der Waals surface area contributed by atoms with E-state index in [2.05, 4.69) is 25.7 Å². The third-order valence-electron chi connectivity index (χ3n) is 0.841. The first kappa shape index (κ1) is 7.48. The summed E-state index contributed by atoms with van der Waals surface area (Å²) in [7, 11) is 0. The standard InChI is InChI=1S/C8H13/c1-3-5-7-8-6-4-2/h3,5-6,8H,1,4,7H2,2H3. The lowest BCUT2D eigenvalue weighted by Crippen LogP contribution is -1.62. The molecule has 0 bridgehead atoms. The molecule has 0 atom stereocenters. The summed E-state index contributed by atoms with van der Waals surface area (Å²) in [5.74, 6) is 0. The van der Waals surface area contributed by atoms with Crippen molar-refractivity contribution in [1.29, 1.82) is 0 Å². The van der Waals surface area contributed by atoms with Crippen LogP contribution in [-0.4, -0.2) is 0 Å². The SMILES string of the molecule is C=C[CH]CC=CCC. The first-order valence-corrected chi connectivity index (χ1v) is 3.01. The zero-order chi connectivity index (χ0) is 6.24. The van der Waals surface area contributed by atoms with Gasteiger partial charge in [-0.3, -0.25) is 0 Å². The first-order chi connectivity index (χ1) is 3.91. The van der Waals surface area contributed by atoms with Crippen LogP contribution < -0.4 is 0 Å². The normalized spacial score (nSPS) is 10.1. The lowest BCUT2D eigenvalue weighted by Gasteiger charge is -1.81. The third kappa shape index (κ3) is 5.48. The highest BCUT2D eigenvalue weighted by Crippen LogP contribution is 1.90. The minimum atomic E-state index is 1.03. The van der Waals surface area contributed by atoms with Gasteiger partial charge in [-0.1, -0.05) is 25.2 Å². The van der Waals surface area contributed by atoms with Gasteiger partial charge in [-0.05, 0) is 19.3 Å². The topological polar surface area (TPSA) is 0 Å². The number of allylic oxidation sites excluding steroid dienone is 3. The molecule has 0 nitrogen and oxygen atoms in total. The van der Waals surface area contributed by atoms with Crippen molar-refractivity contribution in [2.75, 3.05) is 0 Å². The first-order valence-electron chi connectivity index (χ1n) is 3.01. The summed E-state index contributed by atoms with van der Waals surface area (Å²) in [6.07, 6.45) is 10.3. The molecule has 0 fully saturated rings. The molecule has 0 rings (SSSR count). The molecule has 0 heterocycles. The highest BCUT2D eigenvalue weighted by Gasteiger charge is 1.71. The number of hydrogen-bond donors (Lipinski definition) is 0. The van der Waals surface area contributed by atoms with Crippen LogP contribution in [0.2, 0.25) is 0 Å². The maximum atomic E-state index is 3.57. The second-order valence-electron chi connectivity index (χ2n) is 1.59. The molecule has 0 heteroatoms. The van der Waals surface area contributed by atoms with Crippen molar-refractivity contribution in [2.24, 2.45) is 0 Å². The molecule has 0 aliphatic rings. The Bertz CT molecular complexity index is 70.1. The van der Waals surface area contributed by atoms with Crippen molar-refractivity contribution in [3.05, 3.63) is 31.2 Å². The molecular weight excluding hydrogens is 96.1 g/mol. The van der Waals surface area contributed by atoms with E-state index in [9.17, 15) is 0 Å². The van der Waals surface area contributed by atoms with Crippen molar-refractivity contribution in [3.63, 3.8) is 0 Å². The molecule has 0 aliphatic heterocycles. The minimum absolute atomic E-state index is 1.03. The monoisotopic (exact) mass is 109 g/mol. The number of rotatable bonds is 4. The van der Waals surface area contributed by atoms with Crippen molar-refractivity contribution in [1.82, 2.24) is 0 Å². The maximum Gasteiger partial charge on any atom is -0.0136 e. The predicted molar refractivity (Wildman–Crippen MR) is 38.5 cm³/mol. The fraction of sp³-hybridized carbons (Fsp3) is 0.375. The smallest absolute Gasteiger partial charge is 0.0136 e. The van der Waals surface area contributed by atoms with E-state index in [-0.39, 0.29) is 0 Å². The Morgan fingerprint density at radius 1 is 1.38 bits per heavy atom. The quantitative estimate of drug-likeness (QED) is 0.384. The van der Waals surface area contributed by atoms with Gasteiger partial charge < -0.3 is 0 Å². The molecule has 45 valence electrons. The Morgan fingerprint density at radius 3 is 2.62 bits per heavy atom. The summed E-state index contributed by atoms with van der Waals surface area (Å²) in [6.45, 7) is 5.70. The Morgan fingerprint density at radius 2 is 2.12 bits per heavy atom. The molecule has 0 amide bonds. The van der Waals surface area contributed by atoms with Gasteiger partial charge in [0.25, 0.3) is 0 Å². The second-order valence-corrected chi connectivity index (χ2v) is 1.59. The molecular formula is C8H13. The minimum Gasteiger partial charge on any atom is -0.103 e. The highest BCUT2D eigenvalue weighted by atomic mass is 13.8. The number of unbranched alkanes of at least 4 members (excludes halogenated alkanes) is 1. The van der Waals surface area contributed by atoms with E-state index < -0.39 is 0 Å². The molecule has 0 N–H and O–H groups in total. The molecule has 8 heavy (non-hydrogen) atoms. The van der Waals surface area contributed by atoms with Crippen molar-refractivity contribution >= 4 is 0 Å². The molecule has 0 aromatic heterocycles. The predicted octanol–water partition coefficient (Wildman–Crippen LogP) is 2.73. The van der Waals surface area contributed by atoms with Crippen LogP contribution in [0.1, 0.15) is 19.8 Å². The third-order valence-corrected chi connectivity index (χ3v) is 0.841. The van der Waals surface area contributed by atoms with E-state index >= 15 is 0 Å². The second kappa shape index (κ2) is 6.48. The maximum absolute atomic E-state index is 3.57. The molecule has 0 saturated heterocycles. The molecule has 0 unspecified atom stereocenters. The van der Waals surface area contributed by atoms with Gasteiger partial charge in [-0.2, -0.15) is 0 Å². The van der Waals surface area contributed by atoms with E-state index in [1.54, 1.807) is 0 Å². The van der Waals surface area contributed by atoms with Crippen LogP contribution in [0.5, 0.6) is 0 Å². The Balaban J connectivity index is 2.90. The van der Waals surface area contributed by atoms with Crippen LogP contribution in [0.15, 0.2) is 24.8 Å². The zero-order valence-corrected chi connectivity index (χ0v) is 5.43. The van der Waals surface area contributed by atoms with E-state index in [0.29, 0.717) is 0 Å². The van der Waals surface area contributed by atoms with Crippen molar-refractivity contribution in [2.45, 2.75) is 19.8 Å². The Labute approximate surface area is 51.9 Å². The average Bonchev–Trinajstić information content (AvgIpc) is 1.81. The van der Waals surface area contributed by atoms with E-state index in [1.807, 2.05) is 12.5 Å². The van der Waals surface area contributed by atoms with Crippen LogP contribution in [0.4, 0.5) is 0 Å². The van der Waals surface area contributed by atoms with Crippen molar-refractivity contribution < 1.29 is 0 Å². The van der Waals surface area contributed by atoms with Gasteiger partial charge in [0.15, 0.2) is 0 Å². The molecule has 0 saturated carbocycles. The van der Waals surface area contributed by atoms with Gasteiger partial charge in [-0.15, -0.1) is 6.58 Å².